The number of pyridine rings is 1. The van der Waals surface area contributed by atoms with Gasteiger partial charge in [0.15, 0.2) is 0 Å². The Kier molecular flexibility index (Phi) is 6.51. The highest BCUT2D eigenvalue weighted by molar-refractivity contribution is 6.36. The van der Waals surface area contributed by atoms with E-state index in [4.69, 9.17) is 27.9 Å². The largest absolute Gasteiger partial charge is 0.381 e. The lowest BCUT2D eigenvalue weighted by atomic mass is 9.81. The highest BCUT2D eigenvalue weighted by atomic mass is 35.5. The summed E-state index contributed by atoms with van der Waals surface area (Å²) in [6, 6.07) is 11.9. The number of fused-ring (bicyclic) bond motifs is 1. The molecule has 2 aromatic heterocycles. The fourth-order valence-corrected chi connectivity index (χ4v) is 5.53. The van der Waals surface area contributed by atoms with Gasteiger partial charge in [-0.15, -0.1) is 5.10 Å². The summed E-state index contributed by atoms with van der Waals surface area (Å²) in [5.41, 5.74) is 2.99. The maximum Gasteiger partial charge on any atom is 0.110 e. The molecule has 4 aromatic rings. The standard InChI is InChI=1S/C29H29Cl2N7O/c1-29(2)16-39-10-9-25(29)35-26-17(13-32)14-33-27-21(26)11-18(12-23(27)31)34-28(20-5-3-4-6-22(20)30)24-15-38(37-36-24)19-7-8-19/h3-6,11-12,14-15,19,25,28,34H,7-10,16H2,1-2H3,(H,33,35)/t25?,28-/m0/s1/i28D. The van der Waals surface area contributed by atoms with Crippen molar-refractivity contribution in [2.45, 2.75) is 51.2 Å². The second-order valence-corrected chi connectivity index (χ2v) is 11.6. The van der Waals surface area contributed by atoms with Gasteiger partial charge in [0.05, 0.1) is 48.0 Å². The van der Waals surface area contributed by atoms with E-state index in [0.29, 0.717) is 68.4 Å². The van der Waals surface area contributed by atoms with Crippen LogP contribution in [0.1, 0.15) is 63.4 Å². The fourth-order valence-electron chi connectivity index (χ4n) is 5.03. The lowest BCUT2D eigenvalue weighted by molar-refractivity contribution is 0.00350. The summed E-state index contributed by atoms with van der Waals surface area (Å²) >= 11 is 13.4. The van der Waals surface area contributed by atoms with Crippen molar-refractivity contribution in [3.05, 3.63) is 75.7 Å². The van der Waals surface area contributed by atoms with Gasteiger partial charge in [-0.3, -0.25) is 4.98 Å². The third-order valence-corrected chi connectivity index (χ3v) is 8.05. The zero-order chi connectivity index (χ0) is 28.1. The first-order chi connectivity index (χ1) is 19.2. The van der Waals surface area contributed by atoms with Crippen molar-refractivity contribution >= 4 is 45.5 Å². The van der Waals surface area contributed by atoms with Crippen molar-refractivity contribution < 1.29 is 6.11 Å². The summed E-state index contributed by atoms with van der Waals surface area (Å²) in [6.07, 6.45) is 6.24. The van der Waals surface area contributed by atoms with Crippen LogP contribution < -0.4 is 10.6 Å². The summed E-state index contributed by atoms with van der Waals surface area (Å²) in [6.45, 7) is 5.54. The first kappa shape index (κ1) is 24.6. The van der Waals surface area contributed by atoms with Gasteiger partial charge in [-0.2, -0.15) is 5.26 Å². The highest BCUT2D eigenvalue weighted by Crippen LogP contribution is 2.39. The average Bonchev–Trinajstić information content (AvgIpc) is 3.65. The zero-order valence-corrected chi connectivity index (χ0v) is 23.2. The van der Waals surface area contributed by atoms with Crippen LogP contribution in [0.4, 0.5) is 11.4 Å². The molecule has 0 bridgehead atoms. The van der Waals surface area contributed by atoms with Gasteiger partial charge in [0.2, 0.25) is 0 Å². The van der Waals surface area contributed by atoms with E-state index < -0.39 is 6.02 Å². The molecule has 2 atom stereocenters. The molecule has 2 fully saturated rings. The number of nitrogens with zero attached hydrogens (tertiary/aromatic N) is 5. The first-order valence-corrected chi connectivity index (χ1v) is 13.8. The van der Waals surface area contributed by atoms with Crippen molar-refractivity contribution in [2.24, 2.45) is 5.41 Å². The third-order valence-electron chi connectivity index (χ3n) is 7.43. The summed E-state index contributed by atoms with van der Waals surface area (Å²) in [5, 5.41) is 27.1. The number of nitrogens with one attached hydrogen (secondary N) is 2. The maximum absolute atomic E-state index is 9.98. The number of hydrogen-bond acceptors (Lipinski definition) is 7. The van der Waals surface area contributed by atoms with Crippen molar-refractivity contribution in [3.8, 4) is 6.07 Å². The first-order valence-electron chi connectivity index (χ1n) is 13.5. The van der Waals surface area contributed by atoms with Gasteiger partial charge in [0.25, 0.3) is 0 Å². The van der Waals surface area contributed by atoms with Gasteiger partial charge in [0, 0.05) is 40.4 Å². The second kappa shape index (κ2) is 10.3. The van der Waals surface area contributed by atoms with Crippen molar-refractivity contribution in [3.63, 3.8) is 0 Å². The maximum atomic E-state index is 9.98. The van der Waals surface area contributed by atoms with Crippen LogP contribution in [0.25, 0.3) is 10.9 Å². The molecule has 0 spiro atoms. The van der Waals surface area contributed by atoms with Gasteiger partial charge in [-0.1, -0.05) is 60.5 Å². The molecule has 10 heteroatoms. The Balaban J connectivity index is 1.47. The summed E-state index contributed by atoms with van der Waals surface area (Å²) < 4.78 is 17.2. The molecule has 0 amide bonds. The van der Waals surface area contributed by atoms with E-state index in [0.717, 1.165) is 19.3 Å². The fraction of sp³-hybridized carbons (Fsp3) is 0.379. The molecule has 39 heavy (non-hydrogen) atoms. The third kappa shape index (κ3) is 5.14. The van der Waals surface area contributed by atoms with Crippen LogP contribution in [0.2, 0.25) is 10.0 Å². The van der Waals surface area contributed by atoms with Crippen LogP contribution >= 0.6 is 23.2 Å². The van der Waals surface area contributed by atoms with E-state index in [1.807, 2.05) is 22.9 Å². The van der Waals surface area contributed by atoms with Crippen LogP contribution in [-0.4, -0.2) is 39.2 Å². The molecule has 2 aliphatic rings. The van der Waals surface area contributed by atoms with Gasteiger partial charge in [0.1, 0.15) is 11.8 Å². The number of aromatic nitrogens is 4. The van der Waals surface area contributed by atoms with Crippen LogP contribution in [0, 0.1) is 16.7 Å². The smallest absolute Gasteiger partial charge is 0.110 e. The average molecular weight is 564 g/mol. The number of anilines is 2. The molecule has 1 unspecified atom stereocenters. The van der Waals surface area contributed by atoms with E-state index in [-0.39, 0.29) is 11.5 Å². The van der Waals surface area contributed by atoms with Gasteiger partial charge >= 0.3 is 0 Å². The molecule has 2 N–H and O–H groups in total. The number of benzene rings is 2. The Morgan fingerprint density at radius 3 is 2.77 bits per heavy atom. The lowest BCUT2D eigenvalue weighted by Crippen LogP contribution is -2.44. The van der Waals surface area contributed by atoms with E-state index in [1.54, 1.807) is 30.6 Å². The SMILES string of the molecule is [2H][C@@](Nc1cc(Cl)c2ncc(C#N)c(NC3CCOCC3(C)C)c2c1)(c1cn(C2CC2)nn1)c1ccccc1Cl. The zero-order valence-electron chi connectivity index (χ0n) is 22.7. The van der Waals surface area contributed by atoms with Crippen LogP contribution in [0.15, 0.2) is 48.8 Å². The normalized spacial score (nSPS) is 20.6. The van der Waals surface area contributed by atoms with Gasteiger partial charge < -0.3 is 15.4 Å². The molecule has 200 valence electrons. The highest BCUT2D eigenvalue weighted by Gasteiger charge is 2.34. The molecular formula is C29H29Cl2N7O. The summed E-state index contributed by atoms with van der Waals surface area (Å²) in [7, 11) is 0. The van der Waals surface area contributed by atoms with Crippen molar-refractivity contribution in [1.29, 1.82) is 5.26 Å². The van der Waals surface area contributed by atoms with Gasteiger partial charge in [-0.25, -0.2) is 4.68 Å². The molecule has 3 heterocycles. The minimum atomic E-state index is -1.57. The van der Waals surface area contributed by atoms with E-state index >= 15 is 0 Å². The summed E-state index contributed by atoms with van der Waals surface area (Å²) in [5.74, 6) is 0. The topological polar surface area (TPSA) is 101 Å². The van der Waals surface area contributed by atoms with E-state index in [2.05, 4.69) is 45.8 Å². The Morgan fingerprint density at radius 2 is 2.03 bits per heavy atom. The Bertz CT molecular complexity index is 1630. The summed E-state index contributed by atoms with van der Waals surface area (Å²) in [4.78, 5) is 4.50. The van der Waals surface area contributed by atoms with Crippen LogP contribution in [-0.2, 0) is 4.74 Å². The van der Waals surface area contributed by atoms with Crippen LogP contribution in [0.5, 0.6) is 0 Å². The molecule has 1 saturated carbocycles. The second-order valence-electron chi connectivity index (χ2n) is 10.8. The molecule has 1 aliphatic heterocycles. The number of halogens is 2. The minimum absolute atomic E-state index is 0.0743. The molecule has 6 rings (SSSR count). The number of rotatable bonds is 7. The Morgan fingerprint density at radius 1 is 1.21 bits per heavy atom. The lowest BCUT2D eigenvalue weighted by Gasteiger charge is -2.39. The van der Waals surface area contributed by atoms with Crippen LogP contribution in [0.3, 0.4) is 0 Å². The number of nitriles is 1. The predicted molar refractivity (Wildman–Crippen MR) is 153 cm³/mol. The molecule has 8 nitrogen and oxygen atoms in total. The quantitative estimate of drug-likeness (QED) is 0.256. The predicted octanol–water partition coefficient (Wildman–Crippen LogP) is 6.77. The molecule has 0 radical (unpaired) electrons. The van der Waals surface area contributed by atoms with Crippen molar-refractivity contribution in [2.75, 3.05) is 23.8 Å². The van der Waals surface area contributed by atoms with E-state index in [9.17, 15) is 6.63 Å². The Labute approximate surface area is 238 Å². The van der Waals surface area contributed by atoms with E-state index in [1.165, 1.54) is 0 Å². The van der Waals surface area contributed by atoms with Gasteiger partial charge in [-0.05, 0) is 43.0 Å². The minimum Gasteiger partial charge on any atom is -0.381 e. The molecule has 1 aliphatic carbocycles. The Hall–Kier alpha value is -3.38. The molecule has 1 saturated heterocycles. The number of hydrogen-bond donors (Lipinski definition) is 2. The number of ether oxygens (including phenoxy) is 1. The van der Waals surface area contributed by atoms with Crippen molar-refractivity contribution in [1.82, 2.24) is 20.0 Å². The molecule has 2 aromatic carbocycles. The monoisotopic (exact) mass is 562 g/mol. The molecular weight excluding hydrogens is 533 g/mol.